The lowest BCUT2D eigenvalue weighted by molar-refractivity contribution is 0.471. The molecule has 0 heterocycles. The van der Waals surface area contributed by atoms with Crippen molar-refractivity contribution in [3.8, 4) is 17.2 Å². The van der Waals surface area contributed by atoms with Crippen LogP contribution in [0.3, 0.4) is 0 Å². The predicted octanol–water partition coefficient (Wildman–Crippen LogP) is 6.93. The predicted molar refractivity (Wildman–Crippen MR) is 146 cm³/mol. The molecule has 204 valence electrons. The van der Waals surface area contributed by atoms with Crippen LogP contribution < -0.4 is 4.74 Å². The SMILES string of the molecule is CCC(C)(C)c1ccc(Oc2ccccc2N=Nc2c(S(=O)(=O)O)cc3cc(S(=O)(=O)O)ccc3c2O)cc1. The molecule has 12 heteroatoms. The molecule has 4 aromatic carbocycles. The number of ether oxygens (including phenoxy) is 1. The first-order chi connectivity index (χ1) is 18.2. The Morgan fingerprint density at radius 1 is 0.846 bits per heavy atom. The molecule has 0 saturated carbocycles. The van der Waals surface area contributed by atoms with E-state index in [1.54, 1.807) is 24.3 Å². The number of phenols is 1. The number of nitrogens with zero attached hydrogens (tertiary/aromatic N) is 2. The summed E-state index contributed by atoms with van der Waals surface area (Å²) < 4.78 is 72.3. The van der Waals surface area contributed by atoms with Gasteiger partial charge in [-0.1, -0.05) is 45.0 Å². The standard InChI is InChI=1S/C27H26N2O8S2/c1-4-27(2,3)18-9-11-19(12-10-18)37-23-8-6-5-7-22(23)28-29-25-24(39(34,35)36)16-17-15-20(38(31,32)33)13-14-21(17)26(25)30/h5-16,30H,4H2,1-3H3,(H,31,32,33)(H,34,35,36). The molecule has 0 unspecified atom stereocenters. The van der Waals surface area contributed by atoms with Crippen molar-refractivity contribution >= 4 is 42.4 Å². The fraction of sp³-hybridized carbons (Fsp3) is 0.185. The van der Waals surface area contributed by atoms with Gasteiger partial charge in [0.2, 0.25) is 0 Å². The van der Waals surface area contributed by atoms with Crippen molar-refractivity contribution < 1.29 is 35.8 Å². The van der Waals surface area contributed by atoms with Gasteiger partial charge in [-0.05, 0) is 71.3 Å². The number of para-hydroxylation sites is 1. The molecular formula is C27H26N2O8S2. The van der Waals surface area contributed by atoms with Crippen LogP contribution in [0.1, 0.15) is 32.8 Å². The van der Waals surface area contributed by atoms with Gasteiger partial charge in [0.15, 0.2) is 11.5 Å². The molecule has 4 aromatic rings. The fourth-order valence-electron chi connectivity index (χ4n) is 3.82. The van der Waals surface area contributed by atoms with Crippen molar-refractivity contribution in [2.24, 2.45) is 10.2 Å². The second-order valence-corrected chi connectivity index (χ2v) is 12.2. The normalized spacial score (nSPS) is 12.7. The van der Waals surface area contributed by atoms with E-state index in [1.165, 1.54) is 6.07 Å². The molecule has 0 aliphatic heterocycles. The first kappa shape index (κ1) is 28.2. The fourth-order valence-corrected chi connectivity index (χ4v) is 4.99. The molecule has 0 aliphatic rings. The Bertz CT molecular complexity index is 1800. The molecule has 39 heavy (non-hydrogen) atoms. The average Bonchev–Trinajstić information content (AvgIpc) is 2.88. The minimum atomic E-state index is -4.93. The van der Waals surface area contributed by atoms with Crippen molar-refractivity contribution in [2.45, 2.75) is 42.4 Å². The molecule has 0 saturated heterocycles. The van der Waals surface area contributed by atoms with Crippen LogP contribution in [0.15, 0.2) is 92.8 Å². The lowest BCUT2D eigenvalue weighted by Gasteiger charge is -2.23. The summed E-state index contributed by atoms with van der Waals surface area (Å²) in [5.74, 6) is 0.170. The van der Waals surface area contributed by atoms with E-state index in [0.717, 1.165) is 30.2 Å². The number of rotatable bonds is 8. The smallest absolute Gasteiger partial charge is 0.296 e. The molecule has 3 N–H and O–H groups in total. The minimum absolute atomic E-state index is 0.00514. The summed E-state index contributed by atoms with van der Waals surface area (Å²) in [6.07, 6.45) is 0.964. The summed E-state index contributed by atoms with van der Waals surface area (Å²) >= 11 is 0. The second kappa shape index (κ2) is 10.4. The Morgan fingerprint density at radius 2 is 1.51 bits per heavy atom. The third-order valence-electron chi connectivity index (χ3n) is 6.47. The maximum absolute atomic E-state index is 12.1. The Morgan fingerprint density at radius 3 is 2.13 bits per heavy atom. The highest BCUT2D eigenvalue weighted by atomic mass is 32.2. The quantitative estimate of drug-likeness (QED) is 0.152. The third-order valence-corrected chi connectivity index (χ3v) is 8.19. The second-order valence-electron chi connectivity index (χ2n) is 9.44. The zero-order chi connectivity index (χ0) is 28.6. The summed E-state index contributed by atoms with van der Waals surface area (Å²) in [4.78, 5) is -1.33. The summed E-state index contributed by atoms with van der Waals surface area (Å²) in [5.41, 5.74) is 0.799. The van der Waals surface area contributed by atoms with E-state index in [0.29, 0.717) is 11.5 Å². The molecule has 0 aromatic heterocycles. The Hall–Kier alpha value is -3.84. The van der Waals surface area contributed by atoms with Crippen LogP contribution in [0, 0.1) is 0 Å². The van der Waals surface area contributed by atoms with E-state index in [2.05, 4.69) is 31.0 Å². The van der Waals surface area contributed by atoms with Gasteiger partial charge in [-0.15, -0.1) is 10.2 Å². The number of fused-ring (bicyclic) bond motifs is 1. The first-order valence-electron chi connectivity index (χ1n) is 11.7. The third kappa shape index (κ3) is 6.09. The minimum Gasteiger partial charge on any atom is -0.505 e. The van der Waals surface area contributed by atoms with Crippen LogP contribution >= 0.6 is 0 Å². The number of benzene rings is 4. The highest BCUT2D eigenvalue weighted by Crippen LogP contribution is 2.43. The summed E-state index contributed by atoms with van der Waals surface area (Å²) in [6.45, 7) is 6.41. The van der Waals surface area contributed by atoms with Gasteiger partial charge in [0, 0.05) is 5.39 Å². The van der Waals surface area contributed by atoms with E-state index in [9.17, 15) is 31.0 Å². The highest BCUT2D eigenvalue weighted by molar-refractivity contribution is 7.86. The molecule has 0 fully saturated rings. The highest BCUT2D eigenvalue weighted by Gasteiger charge is 2.23. The topological polar surface area (TPSA) is 163 Å². The van der Waals surface area contributed by atoms with Crippen molar-refractivity contribution in [3.63, 3.8) is 0 Å². The van der Waals surface area contributed by atoms with Gasteiger partial charge in [-0.2, -0.15) is 16.8 Å². The van der Waals surface area contributed by atoms with Crippen molar-refractivity contribution in [1.82, 2.24) is 0 Å². The van der Waals surface area contributed by atoms with Gasteiger partial charge >= 0.3 is 0 Å². The molecule has 0 bridgehead atoms. The number of azo groups is 1. The Labute approximate surface area is 226 Å². The maximum Gasteiger partial charge on any atom is 0.296 e. The Kier molecular flexibility index (Phi) is 7.50. The molecule has 4 rings (SSSR count). The van der Waals surface area contributed by atoms with E-state index in [1.807, 2.05) is 24.3 Å². The van der Waals surface area contributed by atoms with Gasteiger partial charge in [-0.25, -0.2) is 0 Å². The molecular weight excluding hydrogens is 544 g/mol. The number of hydrogen-bond acceptors (Lipinski definition) is 8. The van der Waals surface area contributed by atoms with Crippen molar-refractivity contribution in [2.75, 3.05) is 0 Å². The van der Waals surface area contributed by atoms with E-state index < -0.39 is 41.5 Å². The molecule has 0 aliphatic carbocycles. The van der Waals surface area contributed by atoms with Gasteiger partial charge in [0.25, 0.3) is 20.2 Å². The summed E-state index contributed by atoms with van der Waals surface area (Å²) in [6, 6.07) is 18.3. The molecule has 0 radical (unpaired) electrons. The van der Waals surface area contributed by atoms with Gasteiger partial charge < -0.3 is 9.84 Å². The van der Waals surface area contributed by atoms with E-state index >= 15 is 0 Å². The Balaban J connectivity index is 1.75. The zero-order valence-corrected chi connectivity index (χ0v) is 22.9. The van der Waals surface area contributed by atoms with E-state index in [4.69, 9.17) is 4.74 Å². The van der Waals surface area contributed by atoms with Crippen LogP contribution in [0.5, 0.6) is 17.2 Å². The lowest BCUT2D eigenvalue weighted by atomic mass is 9.82. The van der Waals surface area contributed by atoms with Gasteiger partial charge in [0.1, 0.15) is 22.0 Å². The maximum atomic E-state index is 12.1. The number of hydrogen-bond donors (Lipinski definition) is 3. The van der Waals surface area contributed by atoms with Crippen molar-refractivity contribution in [3.05, 3.63) is 78.4 Å². The largest absolute Gasteiger partial charge is 0.505 e. The first-order valence-corrected chi connectivity index (χ1v) is 14.6. The monoisotopic (exact) mass is 570 g/mol. The number of aromatic hydroxyl groups is 1. The van der Waals surface area contributed by atoms with Crippen LogP contribution in [0.2, 0.25) is 0 Å². The molecule has 0 spiro atoms. The summed E-state index contributed by atoms with van der Waals surface area (Å²) in [5, 5.41) is 18.7. The van der Waals surface area contributed by atoms with E-state index in [-0.39, 0.29) is 21.9 Å². The van der Waals surface area contributed by atoms with Crippen LogP contribution in [0.4, 0.5) is 11.4 Å². The zero-order valence-electron chi connectivity index (χ0n) is 21.2. The lowest BCUT2D eigenvalue weighted by Crippen LogP contribution is -2.14. The van der Waals surface area contributed by atoms with Crippen molar-refractivity contribution in [1.29, 1.82) is 0 Å². The van der Waals surface area contributed by atoms with Gasteiger partial charge in [0.05, 0.1) is 4.90 Å². The van der Waals surface area contributed by atoms with Gasteiger partial charge in [-0.3, -0.25) is 9.11 Å². The average molecular weight is 571 g/mol. The molecule has 0 atom stereocenters. The van der Waals surface area contributed by atoms with Crippen LogP contribution in [-0.4, -0.2) is 31.0 Å². The van der Waals surface area contributed by atoms with Crippen LogP contribution in [0.25, 0.3) is 10.8 Å². The van der Waals surface area contributed by atoms with Crippen LogP contribution in [-0.2, 0) is 25.7 Å². The molecule has 10 nitrogen and oxygen atoms in total. The number of phenolic OH excluding ortho intramolecular Hbond substituents is 1. The molecule has 0 amide bonds. The summed E-state index contributed by atoms with van der Waals surface area (Å²) in [7, 11) is -9.54.